The number of halogens is 2. The van der Waals surface area contributed by atoms with Crippen LogP contribution in [0.1, 0.15) is 29.0 Å². The van der Waals surface area contributed by atoms with Crippen molar-refractivity contribution in [2.24, 2.45) is 5.92 Å². The molecule has 2 aromatic carbocycles. The van der Waals surface area contributed by atoms with Crippen LogP contribution in [-0.4, -0.2) is 57.2 Å². The van der Waals surface area contributed by atoms with Gasteiger partial charge in [-0.15, -0.1) is 15.0 Å². The number of nitrogens with one attached hydrogen (secondary N) is 1. The fourth-order valence-corrected chi connectivity index (χ4v) is 3.64. The van der Waals surface area contributed by atoms with Crippen molar-refractivity contribution < 1.29 is 13.6 Å². The Morgan fingerprint density at radius 2 is 1.91 bits per heavy atom. The summed E-state index contributed by atoms with van der Waals surface area (Å²) in [5, 5.41) is 14.1. The zero-order valence-corrected chi connectivity index (χ0v) is 17.5. The molecule has 4 rings (SSSR count). The number of likely N-dealkylation sites (tertiary alicyclic amines) is 1. The van der Waals surface area contributed by atoms with Gasteiger partial charge >= 0.3 is 0 Å². The number of rotatable bonds is 7. The number of piperidine rings is 1. The minimum atomic E-state index is -0.834. The van der Waals surface area contributed by atoms with Crippen LogP contribution in [-0.2, 0) is 0 Å². The fraction of sp³-hybridized carbons (Fsp3) is 0.304. The molecule has 32 heavy (non-hydrogen) atoms. The molecule has 1 amide bonds. The van der Waals surface area contributed by atoms with Gasteiger partial charge in [-0.25, -0.2) is 8.78 Å². The minimum Gasteiger partial charge on any atom is -0.349 e. The number of hydrogen-bond acceptors (Lipinski definition) is 5. The molecule has 0 atom stereocenters. The van der Waals surface area contributed by atoms with Crippen LogP contribution < -0.4 is 5.32 Å². The summed E-state index contributed by atoms with van der Waals surface area (Å²) in [6.45, 7) is 3.36. The molecule has 0 aliphatic carbocycles. The van der Waals surface area contributed by atoms with E-state index in [0.717, 1.165) is 49.4 Å². The highest BCUT2D eigenvalue weighted by Gasteiger charge is 2.21. The molecule has 9 heteroatoms. The van der Waals surface area contributed by atoms with Crippen molar-refractivity contribution >= 4 is 12.0 Å². The molecular formula is C23H24F2N6O. The maximum Gasteiger partial charge on any atom is 0.292 e. The van der Waals surface area contributed by atoms with E-state index in [4.69, 9.17) is 0 Å². The van der Waals surface area contributed by atoms with Gasteiger partial charge in [-0.1, -0.05) is 42.5 Å². The minimum absolute atomic E-state index is 0.0772. The second-order valence-corrected chi connectivity index (χ2v) is 7.77. The van der Waals surface area contributed by atoms with E-state index in [1.54, 1.807) is 0 Å². The van der Waals surface area contributed by atoms with Crippen molar-refractivity contribution in [2.75, 3.05) is 26.2 Å². The van der Waals surface area contributed by atoms with Crippen LogP contribution in [0.3, 0.4) is 0 Å². The molecule has 1 fully saturated rings. The molecular weight excluding hydrogens is 414 g/mol. The van der Waals surface area contributed by atoms with Crippen LogP contribution in [0.25, 0.3) is 11.8 Å². The van der Waals surface area contributed by atoms with Gasteiger partial charge in [-0.2, -0.15) is 0 Å². The first-order chi connectivity index (χ1) is 15.6. The molecule has 0 bridgehead atoms. The Bertz CT molecular complexity index is 1080. The van der Waals surface area contributed by atoms with E-state index < -0.39 is 17.5 Å². The lowest BCUT2D eigenvalue weighted by atomic mass is 9.97. The Labute approximate surface area is 184 Å². The van der Waals surface area contributed by atoms with Crippen molar-refractivity contribution in [3.05, 3.63) is 77.6 Å². The molecule has 166 valence electrons. The summed E-state index contributed by atoms with van der Waals surface area (Å²) in [6.07, 6.45) is 6.28. The van der Waals surface area contributed by atoms with Gasteiger partial charge in [0.15, 0.2) is 5.82 Å². The van der Waals surface area contributed by atoms with E-state index in [1.807, 2.05) is 18.2 Å². The Morgan fingerprint density at radius 3 is 2.66 bits per heavy atom. The van der Waals surface area contributed by atoms with Gasteiger partial charge in [0.05, 0.1) is 0 Å². The fourth-order valence-electron chi connectivity index (χ4n) is 3.64. The molecule has 3 aromatic rings. The van der Waals surface area contributed by atoms with Gasteiger partial charge in [0.1, 0.15) is 11.5 Å². The van der Waals surface area contributed by atoms with Crippen LogP contribution in [0, 0.1) is 17.6 Å². The molecule has 1 saturated heterocycles. The molecule has 0 unspecified atom stereocenters. The lowest BCUT2D eigenvalue weighted by Gasteiger charge is -2.31. The number of aromatic nitrogens is 4. The number of amides is 1. The van der Waals surface area contributed by atoms with E-state index in [2.05, 4.69) is 49.9 Å². The SMILES string of the molecule is O=C(NCC1CCN(CC=Cc2ccccc2)CC1)c1nnn(-c2ccc(F)cc2F)n1. The standard InChI is InChI=1S/C23H24F2N6O/c24-19-8-9-21(20(25)15-19)31-28-22(27-29-31)23(32)26-16-18-10-13-30(14-11-18)12-4-7-17-5-2-1-3-6-17/h1-9,15,18H,10-14,16H2,(H,26,32). The zero-order chi connectivity index (χ0) is 22.3. The monoisotopic (exact) mass is 438 g/mol. The van der Waals surface area contributed by atoms with E-state index in [0.29, 0.717) is 12.5 Å². The highest BCUT2D eigenvalue weighted by atomic mass is 19.1. The van der Waals surface area contributed by atoms with Gasteiger partial charge in [-0.05, 0) is 54.8 Å². The van der Waals surface area contributed by atoms with E-state index in [9.17, 15) is 13.6 Å². The summed E-state index contributed by atoms with van der Waals surface area (Å²) in [5.74, 6) is -1.79. The highest BCUT2D eigenvalue weighted by Crippen LogP contribution is 2.17. The Balaban J connectivity index is 1.22. The first-order valence-corrected chi connectivity index (χ1v) is 10.6. The summed E-state index contributed by atoms with van der Waals surface area (Å²) < 4.78 is 26.9. The topological polar surface area (TPSA) is 75.9 Å². The molecule has 7 nitrogen and oxygen atoms in total. The van der Waals surface area contributed by atoms with E-state index in [1.165, 1.54) is 11.6 Å². The molecule has 1 aromatic heterocycles. The summed E-state index contributed by atoms with van der Waals surface area (Å²) in [6, 6.07) is 13.2. The molecule has 0 spiro atoms. The molecule has 1 aliphatic heterocycles. The van der Waals surface area contributed by atoms with Crippen LogP contribution in [0.2, 0.25) is 0 Å². The Morgan fingerprint density at radius 1 is 1.12 bits per heavy atom. The number of tetrazole rings is 1. The second kappa shape index (κ2) is 10.2. The van der Waals surface area contributed by atoms with Gasteiger partial charge < -0.3 is 5.32 Å². The zero-order valence-electron chi connectivity index (χ0n) is 17.5. The Kier molecular flexibility index (Phi) is 6.96. The molecule has 0 saturated carbocycles. The predicted octanol–water partition coefficient (Wildman–Crippen LogP) is 3.10. The van der Waals surface area contributed by atoms with Gasteiger partial charge in [0, 0.05) is 19.2 Å². The van der Waals surface area contributed by atoms with E-state index in [-0.39, 0.29) is 11.5 Å². The normalized spacial score (nSPS) is 15.3. The molecule has 0 radical (unpaired) electrons. The number of hydrogen-bond donors (Lipinski definition) is 1. The lowest BCUT2D eigenvalue weighted by molar-refractivity contribution is 0.0927. The number of benzene rings is 2. The number of carbonyl (C=O) groups is 1. The van der Waals surface area contributed by atoms with Crippen molar-refractivity contribution in [3.63, 3.8) is 0 Å². The second-order valence-electron chi connectivity index (χ2n) is 7.77. The average molecular weight is 438 g/mol. The van der Waals surface area contributed by atoms with Crippen LogP contribution >= 0.6 is 0 Å². The van der Waals surface area contributed by atoms with Crippen LogP contribution in [0.5, 0.6) is 0 Å². The van der Waals surface area contributed by atoms with Crippen molar-refractivity contribution in [1.29, 1.82) is 0 Å². The Hall–Kier alpha value is -3.46. The maximum atomic E-state index is 13.9. The highest BCUT2D eigenvalue weighted by molar-refractivity contribution is 5.90. The van der Waals surface area contributed by atoms with Crippen molar-refractivity contribution in [1.82, 2.24) is 30.4 Å². The molecule has 1 aliphatic rings. The predicted molar refractivity (Wildman–Crippen MR) is 116 cm³/mol. The number of carbonyl (C=O) groups excluding carboxylic acids is 1. The largest absolute Gasteiger partial charge is 0.349 e. The average Bonchev–Trinajstić information content (AvgIpc) is 3.29. The summed E-state index contributed by atoms with van der Waals surface area (Å²) >= 11 is 0. The third-order valence-electron chi connectivity index (χ3n) is 5.47. The third-order valence-corrected chi connectivity index (χ3v) is 5.47. The van der Waals surface area contributed by atoms with Crippen LogP contribution in [0.4, 0.5) is 8.78 Å². The van der Waals surface area contributed by atoms with E-state index >= 15 is 0 Å². The first kappa shape index (κ1) is 21.8. The summed E-state index contributed by atoms with van der Waals surface area (Å²) in [4.78, 5) is 15.6. The molecule has 2 heterocycles. The smallest absolute Gasteiger partial charge is 0.292 e. The van der Waals surface area contributed by atoms with Gasteiger partial charge in [0.2, 0.25) is 0 Å². The first-order valence-electron chi connectivity index (χ1n) is 10.6. The van der Waals surface area contributed by atoms with Crippen molar-refractivity contribution in [2.45, 2.75) is 12.8 Å². The van der Waals surface area contributed by atoms with Gasteiger partial charge in [0.25, 0.3) is 11.7 Å². The van der Waals surface area contributed by atoms with Crippen molar-refractivity contribution in [3.8, 4) is 5.69 Å². The maximum absolute atomic E-state index is 13.9. The van der Waals surface area contributed by atoms with Crippen LogP contribution in [0.15, 0.2) is 54.6 Å². The lowest BCUT2D eigenvalue weighted by Crippen LogP contribution is -2.38. The third kappa shape index (κ3) is 5.61. The summed E-state index contributed by atoms with van der Waals surface area (Å²) in [5.41, 5.74) is 1.12. The summed E-state index contributed by atoms with van der Waals surface area (Å²) in [7, 11) is 0. The van der Waals surface area contributed by atoms with Gasteiger partial charge in [-0.3, -0.25) is 9.69 Å². The number of nitrogens with zero attached hydrogens (tertiary/aromatic N) is 5. The quantitative estimate of drug-likeness (QED) is 0.614. The molecule has 1 N–H and O–H groups in total.